The average Bonchev–Trinajstić information content (AvgIpc) is 2.20. The van der Waals surface area contributed by atoms with Crippen molar-refractivity contribution in [2.24, 2.45) is 0 Å². The first-order valence-electron chi connectivity index (χ1n) is 4.45. The van der Waals surface area contributed by atoms with Crippen LogP contribution in [-0.4, -0.2) is 7.11 Å². The fourth-order valence-electron chi connectivity index (χ4n) is 1.34. The lowest BCUT2D eigenvalue weighted by Crippen LogP contribution is -1.96. The van der Waals surface area contributed by atoms with Crippen LogP contribution in [0.5, 0.6) is 5.75 Å². The predicted octanol–water partition coefficient (Wildman–Crippen LogP) is 2.46. The van der Waals surface area contributed by atoms with Gasteiger partial charge >= 0.3 is 0 Å². The molecule has 0 bridgehead atoms. The summed E-state index contributed by atoms with van der Waals surface area (Å²) in [5.41, 5.74) is 1.37. The second kappa shape index (κ2) is 4.61. The Morgan fingerprint density at radius 1 is 1.43 bits per heavy atom. The molecule has 0 aliphatic rings. The van der Waals surface area contributed by atoms with Gasteiger partial charge < -0.3 is 4.74 Å². The molecule has 1 rings (SSSR count). The van der Waals surface area contributed by atoms with Gasteiger partial charge in [0.15, 0.2) is 0 Å². The van der Waals surface area contributed by atoms with E-state index in [1.165, 1.54) is 13.2 Å². The van der Waals surface area contributed by atoms with Crippen LogP contribution in [0.4, 0.5) is 4.39 Å². The van der Waals surface area contributed by atoms with Gasteiger partial charge in [0.2, 0.25) is 0 Å². The lowest BCUT2D eigenvalue weighted by Gasteiger charge is -2.08. The van der Waals surface area contributed by atoms with Crippen molar-refractivity contribution in [1.82, 2.24) is 0 Å². The van der Waals surface area contributed by atoms with Crippen LogP contribution in [0.3, 0.4) is 0 Å². The molecule has 0 aliphatic carbocycles. The molecule has 2 nitrogen and oxygen atoms in total. The summed E-state index contributed by atoms with van der Waals surface area (Å²) < 4.78 is 18.3. The van der Waals surface area contributed by atoms with Gasteiger partial charge in [-0.2, -0.15) is 5.26 Å². The highest BCUT2D eigenvalue weighted by molar-refractivity contribution is 5.39. The standard InChI is InChI=1S/C11H12FNO/c1-3-8-6-9(4-5-13)11(14-2)7-10(8)12/h6-7H,3-4H2,1-2H3. The number of benzene rings is 1. The molecule has 0 aromatic heterocycles. The van der Waals surface area contributed by atoms with Crippen LogP contribution in [-0.2, 0) is 12.8 Å². The molecule has 0 fully saturated rings. The Morgan fingerprint density at radius 3 is 2.64 bits per heavy atom. The molecular formula is C11H12FNO. The van der Waals surface area contributed by atoms with Crippen molar-refractivity contribution in [2.45, 2.75) is 19.8 Å². The molecule has 0 unspecified atom stereocenters. The number of ether oxygens (including phenoxy) is 1. The highest BCUT2D eigenvalue weighted by Crippen LogP contribution is 2.23. The van der Waals surface area contributed by atoms with Crippen molar-refractivity contribution in [2.75, 3.05) is 7.11 Å². The second-order valence-electron chi connectivity index (χ2n) is 2.94. The molecule has 14 heavy (non-hydrogen) atoms. The van der Waals surface area contributed by atoms with Gasteiger partial charge in [0.1, 0.15) is 11.6 Å². The normalized spacial score (nSPS) is 9.57. The van der Waals surface area contributed by atoms with E-state index in [9.17, 15) is 4.39 Å². The molecule has 1 aromatic rings. The Labute approximate surface area is 82.9 Å². The van der Waals surface area contributed by atoms with E-state index in [0.29, 0.717) is 17.7 Å². The molecule has 74 valence electrons. The van der Waals surface area contributed by atoms with E-state index in [4.69, 9.17) is 10.00 Å². The van der Waals surface area contributed by atoms with Crippen molar-refractivity contribution in [1.29, 1.82) is 5.26 Å². The molecule has 0 atom stereocenters. The molecule has 0 spiro atoms. The third kappa shape index (κ3) is 2.02. The van der Waals surface area contributed by atoms with E-state index < -0.39 is 0 Å². The second-order valence-corrected chi connectivity index (χ2v) is 2.94. The Hall–Kier alpha value is -1.56. The van der Waals surface area contributed by atoms with E-state index in [1.54, 1.807) is 6.07 Å². The highest BCUT2D eigenvalue weighted by Gasteiger charge is 2.08. The summed E-state index contributed by atoms with van der Waals surface area (Å²) in [6, 6.07) is 5.06. The zero-order valence-electron chi connectivity index (χ0n) is 8.30. The van der Waals surface area contributed by atoms with Crippen LogP contribution < -0.4 is 4.74 Å². The van der Waals surface area contributed by atoms with Crippen LogP contribution >= 0.6 is 0 Å². The van der Waals surface area contributed by atoms with E-state index in [1.807, 2.05) is 13.0 Å². The molecular weight excluding hydrogens is 181 g/mol. The lowest BCUT2D eigenvalue weighted by molar-refractivity contribution is 0.406. The fourth-order valence-corrected chi connectivity index (χ4v) is 1.34. The molecule has 0 saturated carbocycles. The van der Waals surface area contributed by atoms with Gasteiger partial charge in [0.25, 0.3) is 0 Å². The Kier molecular flexibility index (Phi) is 3.47. The lowest BCUT2D eigenvalue weighted by atomic mass is 10.1. The van der Waals surface area contributed by atoms with Crippen molar-refractivity contribution >= 4 is 0 Å². The maximum atomic E-state index is 13.3. The molecule has 0 heterocycles. The number of hydrogen-bond donors (Lipinski definition) is 0. The summed E-state index contributed by atoms with van der Waals surface area (Å²) in [6.07, 6.45) is 0.866. The van der Waals surface area contributed by atoms with Gasteiger partial charge in [-0.15, -0.1) is 0 Å². The Morgan fingerprint density at radius 2 is 2.14 bits per heavy atom. The molecule has 3 heteroatoms. The Balaban J connectivity index is 3.19. The zero-order chi connectivity index (χ0) is 10.6. The number of aryl methyl sites for hydroxylation is 1. The summed E-state index contributed by atoms with van der Waals surface area (Å²) in [6.45, 7) is 1.88. The average molecular weight is 193 g/mol. The smallest absolute Gasteiger partial charge is 0.130 e. The van der Waals surface area contributed by atoms with Crippen molar-refractivity contribution in [3.05, 3.63) is 29.1 Å². The number of methoxy groups -OCH3 is 1. The maximum absolute atomic E-state index is 13.3. The minimum atomic E-state index is -0.272. The van der Waals surface area contributed by atoms with E-state index in [0.717, 1.165) is 5.56 Å². The number of halogens is 1. The van der Waals surface area contributed by atoms with Crippen molar-refractivity contribution < 1.29 is 9.13 Å². The topological polar surface area (TPSA) is 33.0 Å². The van der Waals surface area contributed by atoms with Gasteiger partial charge in [-0.3, -0.25) is 0 Å². The zero-order valence-corrected chi connectivity index (χ0v) is 8.30. The summed E-state index contributed by atoms with van der Waals surface area (Å²) in [4.78, 5) is 0. The monoisotopic (exact) mass is 193 g/mol. The van der Waals surface area contributed by atoms with Crippen LogP contribution in [0, 0.1) is 17.1 Å². The number of nitriles is 1. The summed E-state index contributed by atoms with van der Waals surface area (Å²) >= 11 is 0. The van der Waals surface area contributed by atoms with Gasteiger partial charge in [-0.05, 0) is 18.1 Å². The first-order chi connectivity index (χ1) is 6.72. The molecule has 0 saturated heterocycles. The number of hydrogen-bond acceptors (Lipinski definition) is 2. The predicted molar refractivity (Wildman–Crippen MR) is 51.6 cm³/mol. The van der Waals surface area contributed by atoms with Gasteiger partial charge in [0.05, 0.1) is 19.6 Å². The third-order valence-electron chi connectivity index (χ3n) is 2.10. The number of rotatable bonds is 3. The van der Waals surface area contributed by atoms with Gasteiger partial charge in [-0.25, -0.2) is 4.39 Å². The van der Waals surface area contributed by atoms with E-state index >= 15 is 0 Å². The van der Waals surface area contributed by atoms with Crippen molar-refractivity contribution in [3.8, 4) is 11.8 Å². The highest BCUT2D eigenvalue weighted by atomic mass is 19.1. The first kappa shape index (κ1) is 10.5. The molecule has 0 radical (unpaired) electrons. The minimum Gasteiger partial charge on any atom is -0.496 e. The SMILES string of the molecule is CCc1cc(CC#N)c(OC)cc1F. The molecule has 0 aliphatic heterocycles. The molecule has 0 amide bonds. The fraction of sp³-hybridized carbons (Fsp3) is 0.364. The third-order valence-corrected chi connectivity index (χ3v) is 2.10. The van der Waals surface area contributed by atoms with Crippen molar-refractivity contribution in [3.63, 3.8) is 0 Å². The summed E-state index contributed by atoms with van der Waals surface area (Å²) in [5, 5.41) is 8.57. The number of nitrogens with zero attached hydrogens (tertiary/aromatic N) is 1. The molecule has 1 aromatic carbocycles. The quantitative estimate of drug-likeness (QED) is 0.738. The van der Waals surface area contributed by atoms with Crippen LogP contribution in [0.2, 0.25) is 0 Å². The van der Waals surface area contributed by atoms with Gasteiger partial charge in [0, 0.05) is 11.6 Å². The van der Waals surface area contributed by atoms with E-state index in [2.05, 4.69) is 0 Å². The van der Waals surface area contributed by atoms with Crippen LogP contribution in [0.15, 0.2) is 12.1 Å². The van der Waals surface area contributed by atoms with Crippen LogP contribution in [0.25, 0.3) is 0 Å². The Bertz CT molecular complexity index is 368. The van der Waals surface area contributed by atoms with Crippen LogP contribution in [0.1, 0.15) is 18.1 Å². The minimum absolute atomic E-state index is 0.246. The largest absolute Gasteiger partial charge is 0.496 e. The van der Waals surface area contributed by atoms with Gasteiger partial charge in [-0.1, -0.05) is 6.92 Å². The summed E-state index contributed by atoms with van der Waals surface area (Å²) in [5.74, 6) is 0.173. The van der Waals surface area contributed by atoms with E-state index in [-0.39, 0.29) is 12.2 Å². The maximum Gasteiger partial charge on any atom is 0.130 e. The molecule has 0 N–H and O–H groups in total. The first-order valence-corrected chi connectivity index (χ1v) is 4.45. The summed E-state index contributed by atoms with van der Waals surface area (Å²) in [7, 11) is 1.47.